The van der Waals surface area contributed by atoms with Crippen LogP contribution >= 0.6 is 0 Å². The first-order valence-electron chi connectivity index (χ1n) is 10.4. The zero-order valence-corrected chi connectivity index (χ0v) is 17.1. The van der Waals surface area contributed by atoms with Crippen molar-refractivity contribution in [2.75, 3.05) is 19.6 Å². The van der Waals surface area contributed by atoms with Crippen molar-refractivity contribution in [3.8, 4) is 0 Å². The van der Waals surface area contributed by atoms with E-state index in [1.165, 1.54) is 24.0 Å². The van der Waals surface area contributed by atoms with Crippen molar-refractivity contribution < 1.29 is 10.0 Å². The second kappa shape index (κ2) is 9.70. The number of benzene rings is 2. The van der Waals surface area contributed by atoms with E-state index in [0.717, 1.165) is 37.2 Å². The standard InChI is InChI=1S/C23H33BN2O2/c1-17(13-22-18(2)5-3-8-23(22)24(27)28)16-26-11-9-20(10-12-26)21-7-4-6-19(14-21)15-25/h3-8,14,17,20,27-28H,9-13,15-16,25H2,1-2H3. The Labute approximate surface area is 169 Å². The number of likely N-dealkylation sites (tertiary alicyclic amines) is 1. The number of nitrogens with two attached hydrogens (primary N) is 1. The van der Waals surface area contributed by atoms with Gasteiger partial charge in [0.15, 0.2) is 0 Å². The third-order valence-corrected chi connectivity index (χ3v) is 6.09. The predicted molar refractivity (Wildman–Crippen MR) is 117 cm³/mol. The number of aryl methyl sites for hydroxylation is 1. The lowest BCUT2D eigenvalue weighted by Crippen LogP contribution is -2.38. The summed E-state index contributed by atoms with van der Waals surface area (Å²) in [6, 6.07) is 14.5. The van der Waals surface area contributed by atoms with Crippen molar-refractivity contribution in [1.29, 1.82) is 0 Å². The molecule has 4 N–H and O–H groups in total. The highest BCUT2D eigenvalue weighted by atomic mass is 16.4. The van der Waals surface area contributed by atoms with Gasteiger partial charge in [0, 0.05) is 13.1 Å². The van der Waals surface area contributed by atoms with Gasteiger partial charge in [-0.2, -0.15) is 0 Å². The highest BCUT2D eigenvalue weighted by Gasteiger charge is 2.23. The Morgan fingerprint density at radius 3 is 2.54 bits per heavy atom. The smallest absolute Gasteiger partial charge is 0.423 e. The summed E-state index contributed by atoms with van der Waals surface area (Å²) in [5, 5.41) is 19.4. The van der Waals surface area contributed by atoms with Gasteiger partial charge in [-0.1, -0.05) is 49.4 Å². The fourth-order valence-electron chi connectivity index (χ4n) is 4.52. The zero-order valence-electron chi connectivity index (χ0n) is 17.1. The molecular weight excluding hydrogens is 347 g/mol. The Balaban J connectivity index is 1.55. The van der Waals surface area contributed by atoms with E-state index in [2.05, 4.69) is 49.1 Å². The highest BCUT2D eigenvalue weighted by molar-refractivity contribution is 6.59. The molecule has 1 unspecified atom stereocenters. The van der Waals surface area contributed by atoms with E-state index < -0.39 is 7.12 Å². The van der Waals surface area contributed by atoms with Crippen LogP contribution < -0.4 is 11.2 Å². The molecule has 28 heavy (non-hydrogen) atoms. The molecule has 0 bridgehead atoms. The van der Waals surface area contributed by atoms with Gasteiger partial charge < -0.3 is 20.7 Å². The van der Waals surface area contributed by atoms with Gasteiger partial charge in [0.05, 0.1) is 0 Å². The van der Waals surface area contributed by atoms with E-state index in [4.69, 9.17) is 5.73 Å². The average Bonchev–Trinajstić information content (AvgIpc) is 2.70. The van der Waals surface area contributed by atoms with Gasteiger partial charge in [-0.05, 0) is 78.8 Å². The second-order valence-electron chi connectivity index (χ2n) is 8.35. The summed E-state index contributed by atoms with van der Waals surface area (Å²) in [5.74, 6) is 1.10. The SMILES string of the molecule is Cc1cccc(B(O)O)c1CC(C)CN1CCC(c2cccc(CN)c2)CC1. The molecule has 3 rings (SSSR count). The van der Waals surface area contributed by atoms with E-state index >= 15 is 0 Å². The topological polar surface area (TPSA) is 69.7 Å². The van der Waals surface area contributed by atoms with Crippen LogP contribution in [0.3, 0.4) is 0 Å². The maximum absolute atomic E-state index is 9.68. The van der Waals surface area contributed by atoms with Crippen LogP contribution in [-0.4, -0.2) is 41.7 Å². The van der Waals surface area contributed by atoms with Crippen LogP contribution in [-0.2, 0) is 13.0 Å². The number of piperidine rings is 1. The summed E-state index contributed by atoms with van der Waals surface area (Å²) in [6.07, 6.45) is 3.25. The fraction of sp³-hybridized carbons (Fsp3) is 0.478. The van der Waals surface area contributed by atoms with Crippen molar-refractivity contribution in [3.05, 3.63) is 64.7 Å². The molecule has 0 spiro atoms. The Morgan fingerprint density at radius 2 is 1.86 bits per heavy atom. The first-order valence-corrected chi connectivity index (χ1v) is 10.4. The van der Waals surface area contributed by atoms with Gasteiger partial charge in [-0.15, -0.1) is 0 Å². The summed E-state index contributed by atoms with van der Waals surface area (Å²) in [6.45, 7) is 8.19. The second-order valence-corrected chi connectivity index (χ2v) is 8.35. The molecule has 0 aromatic heterocycles. The molecule has 0 saturated carbocycles. The van der Waals surface area contributed by atoms with E-state index in [0.29, 0.717) is 23.8 Å². The van der Waals surface area contributed by atoms with Crippen molar-refractivity contribution in [2.24, 2.45) is 11.7 Å². The van der Waals surface area contributed by atoms with E-state index in [-0.39, 0.29) is 0 Å². The summed E-state index contributed by atoms with van der Waals surface area (Å²) < 4.78 is 0. The molecule has 2 aromatic rings. The third-order valence-electron chi connectivity index (χ3n) is 6.09. The molecular formula is C23H33BN2O2. The van der Waals surface area contributed by atoms with Crippen LogP contribution in [0.4, 0.5) is 0 Å². The maximum atomic E-state index is 9.68. The van der Waals surface area contributed by atoms with Gasteiger partial charge in [0.1, 0.15) is 0 Å². The van der Waals surface area contributed by atoms with E-state index in [1.54, 1.807) is 0 Å². The van der Waals surface area contributed by atoms with Crippen molar-refractivity contribution in [2.45, 2.75) is 45.6 Å². The molecule has 1 aliphatic heterocycles. The molecule has 2 aromatic carbocycles. The predicted octanol–water partition coefficient (Wildman–Crippen LogP) is 2.19. The number of rotatable bonds is 7. The Kier molecular flexibility index (Phi) is 7.30. The molecule has 1 saturated heterocycles. The molecule has 4 nitrogen and oxygen atoms in total. The summed E-state index contributed by atoms with van der Waals surface area (Å²) in [5.41, 5.74) is 11.3. The zero-order chi connectivity index (χ0) is 20.1. The number of hydrogen-bond acceptors (Lipinski definition) is 4. The van der Waals surface area contributed by atoms with Crippen molar-refractivity contribution in [1.82, 2.24) is 4.90 Å². The molecule has 0 aliphatic carbocycles. The minimum Gasteiger partial charge on any atom is -0.423 e. The molecule has 1 heterocycles. The fourth-order valence-corrected chi connectivity index (χ4v) is 4.52. The monoisotopic (exact) mass is 380 g/mol. The lowest BCUT2D eigenvalue weighted by atomic mass is 9.74. The van der Waals surface area contributed by atoms with Crippen LogP contribution in [0.15, 0.2) is 42.5 Å². The highest BCUT2D eigenvalue weighted by Crippen LogP contribution is 2.29. The molecule has 1 aliphatic rings. The summed E-state index contributed by atoms with van der Waals surface area (Å²) in [7, 11) is -1.40. The van der Waals surface area contributed by atoms with Crippen LogP contribution in [0.1, 0.15) is 47.9 Å². The molecule has 0 amide bonds. The average molecular weight is 380 g/mol. The minimum atomic E-state index is -1.40. The summed E-state index contributed by atoms with van der Waals surface area (Å²) >= 11 is 0. The van der Waals surface area contributed by atoms with Gasteiger partial charge in [-0.3, -0.25) is 0 Å². The maximum Gasteiger partial charge on any atom is 0.488 e. The number of hydrogen-bond donors (Lipinski definition) is 3. The largest absolute Gasteiger partial charge is 0.488 e. The quantitative estimate of drug-likeness (QED) is 0.644. The molecule has 1 atom stereocenters. The molecule has 150 valence electrons. The van der Waals surface area contributed by atoms with Crippen molar-refractivity contribution in [3.63, 3.8) is 0 Å². The van der Waals surface area contributed by atoms with E-state index in [9.17, 15) is 10.0 Å². The van der Waals surface area contributed by atoms with Crippen LogP contribution in [0.5, 0.6) is 0 Å². The van der Waals surface area contributed by atoms with Crippen molar-refractivity contribution >= 4 is 12.6 Å². The Bertz CT molecular complexity index is 773. The first kappa shape index (κ1) is 21.1. The normalized spacial score (nSPS) is 16.9. The third kappa shape index (κ3) is 5.23. The van der Waals surface area contributed by atoms with Gasteiger partial charge in [-0.25, -0.2) is 0 Å². The first-order chi connectivity index (χ1) is 13.5. The lowest BCUT2D eigenvalue weighted by molar-refractivity contribution is 0.187. The lowest BCUT2D eigenvalue weighted by Gasteiger charge is -2.34. The molecule has 1 fully saturated rings. The Morgan fingerprint density at radius 1 is 1.14 bits per heavy atom. The van der Waals surface area contributed by atoms with Gasteiger partial charge >= 0.3 is 7.12 Å². The minimum absolute atomic E-state index is 0.468. The van der Waals surface area contributed by atoms with Crippen LogP contribution in [0.25, 0.3) is 0 Å². The summed E-state index contributed by atoms with van der Waals surface area (Å²) in [4.78, 5) is 2.56. The molecule has 5 heteroatoms. The van der Waals surface area contributed by atoms with E-state index in [1.807, 2.05) is 12.1 Å². The van der Waals surface area contributed by atoms with Gasteiger partial charge in [0.2, 0.25) is 0 Å². The Hall–Kier alpha value is -1.66. The van der Waals surface area contributed by atoms with Gasteiger partial charge in [0.25, 0.3) is 0 Å². The number of nitrogens with zero attached hydrogens (tertiary/aromatic N) is 1. The van der Waals surface area contributed by atoms with Crippen LogP contribution in [0.2, 0.25) is 0 Å². The molecule has 0 radical (unpaired) electrons. The van der Waals surface area contributed by atoms with Crippen LogP contribution in [0, 0.1) is 12.8 Å².